The van der Waals surface area contributed by atoms with Crippen molar-refractivity contribution in [3.8, 4) is 0 Å². The molecule has 0 saturated heterocycles. The highest BCUT2D eigenvalue weighted by Crippen LogP contribution is 2.14. The van der Waals surface area contributed by atoms with E-state index >= 15 is 0 Å². The van der Waals surface area contributed by atoms with E-state index in [4.69, 9.17) is 4.74 Å². The number of benzene rings is 1. The van der Waals surface area contributed by atoms with Crippen molar-refractivity contribution in [3.05, 3.63) is 35.4 Å². The standard InChI is InChI=1S/C14H16O4/c1-3-18-14(17)12(8-9-15)13(16)11-6-4-10(2)5-7-11/h4-7,9,12H,3,8H2,1-2H3/t12-/m0/s1. The maximum absolute atomic E-state index is 12.1. The number of carbonyl (C=O) groups excluding carboxylic acids is 3. The normalized spacial score (nSPS) is 11.7. The summed E-state index contributed by atoms with van der Waals surface area (Å²) in [6.45, 7) is 3.75. The number of rotatable bonds is 6. The lowest BCUT2D eigenvalue weighted by atomic mass is 9.94. The van der Waals surface area contributed by atoms with E-state index in [0.717, 1.165) is 5.56 Å². The number of Topliss-reactive ketones (excluding diaryl/α,β-unsaturated/α-hetero) is 1. The first-order valence-corrected chi connectivity index (χ1v) is 5.81. The predicted molar refractivity (Wildman–Crippen MR) is 66.3 cm³/mol. The van der Waals surface area contributed by atoms with Crippen LogP contribution in [0.3, 0.4) is 0 Å². The number of ether oxygens (including phenoxy) is 1. The van der Waals surface area contributed by atoms with Gasteiger partial charge in [0.25, 0.3) is 0 Å². The zero-order valence-corrected chi connectivity index (χ0v) is 10.5. The molecular weight excluding hydrogens is 232 g/mol. The Morgan fingerprint density at radius 1 is 1.28 bits per heavy atom. The van der Waals surface area contributed by atoms with Gasteiger partial charge in [0, 0.05) is 12.0 Å². The second-order valence-electron chi connectivity index (χ2n) is 3.94. The molecule has 0 aliphatic rings. The van der Waals surface area contributed by atoms with Crippen molar-refractivity contribution in [3.63, 3.8) is 0 Å². The van der Waals surface area contributed by atoms with E-state index in [-0.39, 0.29) is 18.8 Å². The van der Waals surface area contributed by atoms with Crippen LogP contribution in [0.4, 0.5) is 0 Å². The molecule has 0 aromatic heterocycles. The molecule has 4 heteroatoms. The summed E-state index contributed by atoms with van der Waals surface area (Å²) >= 11 is 0. The maximum Gasteiger partial charge on any atom is 0.317 e. The third-order valence-corrected chi connectivity index (χ3v) is 2.56. The zero-order valence-electron chi connectivity index (χ0n) is 10.5. The van der Waals surface area contributed by atoms with Crippen LogP contribution in [0.25, 0.3) is 0 Å². The van der Waals surface area contributed by atoms with Gasteiger partial charge in [0.15, 0.2) is 5.78 Å². The van der Waals surface area contributed by atoms with Crippen LogP contribution in [0.1, 0.15) is 29.3 Å². The summed E-state index contributed by atoms with van der Waals surface area (Å²) in [4.78, 5) is 34.3. The maximum atomic E-state index is 12.1. The Labute approximate surface area is 106 Å². The molecule has 0 aliphatic heterocycles. The van der Waals surface area contributed by atoms with E-state index in [2.05, 4.69) is 0 Å². The fourth-order valence-electron chi connectivity index (χ4n) is 1.57. The molecule has 0 amide bonds. The molecule has 4 nitrogen and oxygen atoms in total. The van der Waals surface area contributed by atoms with Crippen LogP contribution in [0.5, 0.6) is 0 Å². The number of hydrogen-bond acceptors (Lipinski definition) is 4. The molecule has 0 bridgehead atoms. The Hall–Kier alpha value is -1.97. The van der Waals surface area contributed by atoms with Gasteiger partial charge in [-0.05, 0) is 13.8 Å². The minimum absolute atomic E-state index is 0.147. The van der Waals surface area contributed by atoms with E-state index in [0.29, 0.717) is 11.8 Å². The minimum Gasteiger partial charge on any atom is -0.465 e. The summed E-state index contributed by atoms with van der Waals surface area (Å²) in [5.74, 6) is -2.05. The highest BCUT2D eigenvalue weighted by atomic mass is 16.5. The molecule has 1 atom stereocenters. The number of aryl methyl sites for hydroxylation is 1. The molecule has 0 N–H and O–H groups in total. The van der Waals surface area contributed by atoms with E-state index in [9.17, 15) is 14.4 Å². The van der Waals surface area contributed by atoms with Crippen LogP contribution < -0.4 is 0 Å². The highest BCUT2D eigenvalue weighted by Gasteiger charge is 2.28. The monoisotopic (exact) mass is 248 g/mol. The van der Waals surface area contributed by atoms with Crippen LogP contribution in [0, 0.1) is 12.8 Å². The van der Waals surface area contributed by atoms with Crippen molar-refractivity contribution in [2.24, 2.45) is 5.92 Å². The number of esters is 1. The average Bonchev–Trinajstić information content (AvgIpc) is 2.36. The van der Waals surface area contributed by atoms with Crippen LogP contribution >= 0.6 is 0 Å². The van der Waals surface area contributed by atoms with Gasteiger partial charge in [0.2, 0.25) is 0 Å². The first-order valence-electron chi connectivity index (χ1n) is 5.81. The van der Waals surface area contributed by atoms with Crippen molar-refractivity contribution >= 4 is 18.0 Å². The quantitative estimate of drug-likeness (QED) is 0.334. The molecule has 0 spiro atoms. The fourth-order valence-corrected chi connectivity index (χ4v) is 1.57. The second-order valence-corrected chi connectivity index (χ2v) is 3.94. The first kappa shape index (κ1) is 14.1. The summed E-state index contributed by atoms with van der Waals surface area (Å²) in [5, 5.41) is 0. The van der Waals surface area contributed by atoms with Crippen LogP contribution in [0.15, 0.2) is 24.3 Å². The van der Waals surface area contributed by atoms with Crippen molar-refractivity contribution < 1.29 is 19.1 Å². The molecule has 1 aromatic rings. The van der Waals surface area contributed by atoms with Gasteiger partial charge >= 0.3 is 5.97 Å². The Kier molecular flexibility index (Phi) is 5.24. The largest absolute Gasteiger partial charge is 0.465 e. The number of ketones is 1. The van der Waals surface area contributed by atoms with Gasteiger partial charge < -0.3 is 9.53 Å². The Morgan fingerprint density at radius 2 is 1.89 bits per heavy atom. The number of aldehydes is 1. The Bertz CT molecular complexity index is 434. The lowest BCUT2D eigenvalue weighted by molar-refractivity contribution is -0.147. The van der Waals surface area contributed by atoms with Gasteiger partial charge in [0.1, 0.15) is 12.2 Å². The Balaban J connectivity index is 2.91. The van der Waals surface area contributed by atoms with Crippen molar-refractivity contribution in [2.75, 3.05) is 6.61 Å². The summed E-state index contributed by atoms with van der Waals surface area (Å²) < 4.78 is 4.80. The summed E-state index contributed by atoms with van der Waals surface area (Å²) in [5.41, 5.74) is 1.44. The van der Waals surface area contributed by atoms with Crippen molar-refractivity contribution in [1.29, 1.82) is 0 Å². The zero-order chi connectivity index (χ0) is 13.5. The first-order chi connectivity index (χ1) is 8.60. The van der Waals surface area contributed by atoms with E-state index < -0.39 is 11.9 Å². The van der Waals surface area contributed by atoms with E-state index in [1.807, 2.05) is 6.92 Å². The predicted octanol–water partition coefficient (Wildman–Crippen LogP) is 1.95. The van der Waals surface area contributed by atoms with Gasteiger partial charge in [-0.2, -0.15) is 0 Å². The summed E-state index contributed by atoms with van der Waals surface area (Å²) in [6.07, 6.45) is 0.416. The second kappa shape index (κ2) is 6.69. The molecule has 0 saturated carbocycles. The third-order valence-electron chi connectivity index (χ3n) is 2.56. The molecule has 0 aliphatic carbocycles. The minimum atomic E-state index is -1.04. The molecule has 0 radical (unpaired) electrons. The molecule has 0 fully saturated rings. The number of carbonyl (C=O) groups is 3. The average molecular weight is 248 g/mol. The van der Waals surface area contributed by atoms with Gasteiger partial charge in [-0.1, -0.05) is 29.8 Å². The molecule has 0 heterocycles. The van der Waals surface area contributed by atoms with Gasteiger partial charge in [-0.15, -0.1) is 0 Å². The summed E-state index contributed by atoms with van der Waals surface area (Å²) in [7, 11) is 0. The van der Waals surface area contributed by atoms with Gasteiger partial charge in [-0.3, -0.25) is 9.59 Å². The third kappa shape index (κ3) is 3.52. The number of hydrogen-bond donors (Lipinski definition) is 0. The van der Waals surface area contributed by atoms with E-state index in [1.165, 1.54) is 0 Å². The molecular formula is C14H16O4. The molecule has 0 unspecified atom stereocenters. The van der Waals surface area contributed by atoms with Crippen molar-refractivity contribution in [1.82, 2.24) is 0 Å². The fraction of sp³-hybridized carbons (Fsp3) is 0.357. The Morgan fingerprint density at radius 3 is 2.39 bits per heavy atom. The van der Waals surface area contributed by atoms with Gasteiger partial charge in [-0.25, -0.2) is 0 Å². The highest BCUT2D eigenvalue weighted by molar-refractivity contribution is 6.09. The van der Waals surface area contributed by atoms with Crippen LogP contribution in [-0.4, -0.2) is 24.6 Å². The molecule has 18 heavy (non-hydrogen) atoms. The smallest absolute Gasteiger partial charge is 0.317 e. The lowest BCUT2D eigenvalue weighted by Gasteiger charge is -2.12. The summed E-state index contributed by atoms with van der Waals surface area (Å²) in [6, 6.07) is 6.87. The molecule has 96 valence electrons. The van der Waals surface area contributed by atoms with Gasteiger partial charge in [0.05, 0.1) is 6.61 Å². The van der Waals surface area contributed by atoms with Crippen LogP contribution in [0.2, 0.25) is 0 Å². The van der Waals surface area contributed by atoms with Crippen LogP contribution in [-0.2, 0) is 14.3 Å². The molecule has 1 rings (SSSR count). The molecule has 1 aromatic carbocycles. The topological polar surface area (TPSA) is 60.4 Å². The van der Waals surface area contributed by atoms with E-state index in [1.54, 1.807) is 31.2 Å². The SMILES string of the molecule is CCOC(=O)[C@@H](CC=O)C(=O)c1ccc(C)cc1. The van der Waals surface area contributed by atoms with Crippen molar-refractivity contribution in [2.45, 2.75) is 20.3 Å². The lowest BCUT2D eigenvalue weighted by Crippen LogP contribution is -2.26.